The lowest BCUT2D eigenvalue weighted by Crippen LogP contribution is -2.43. The lowest BCUT2D eigenvalue weighted by molar-refractivity contribution is -0.164. The van der Waals surface area contributed by atoms with Gasteiger partial charge in [-0.25, -0.2) is 4.79 Å². The fourth-order valence-corrected chi connectivity index (χ4v) is 3.18. The van der Waals surface area contributed by atoms with Gasteiger partial charge in [-0.2, -0.15) is 0 Å². The average Bonchev–Trinajstić information content (AvgIpc) is 2.83. The summed E-state index contributed by atoms with van der Waals surface area (Å²) in [6.45, 7) is 5.53. The van der Waals surface area contributed by atoms with Crippen LogP contribution in [0.4, 0.5) is 0 Å². The fourth-order valence-electron chi connectivity index (χ4n) is 3.18. The number of rotatable bonds is 4. The Kier molecular flexibility index (Phi) is 4.91. The first-order chi connectivity index (χ1) is 11.2. The highest BCUT2D eigenvalue weighted by atomic mass is 16.7. The van der Waals surface area contributed by atoms with Gasteiger partial charge in [0.2, 0.25) is 0 Å². The van der Waals surface area contributed by atoms with Gasteiger partial charge in [-0.1, -0.05) is 19.0 Å². The number of oxime groups is 1. The molecule has 0 radical (unpaired) electrons. The molecule has 0 spiro atoms. The van der Waals surface area contributed by atoms with Gasteiger partial charge in [-0.15, -0.1) is 0 Å². The van der Waals surface area contributed by atoms with E-state index >= 15 is 0 Å². The van der Waals surface area contributed by atoms with Gasteiger partial charge in [0.25, 0.3) is 0 Å². The van der Waals surface area contributed by atoms with Crippen LogP contribution >= 0.6 is 0 Å². The number of nitrogens with zero attached hydrogens (tertiary/aromatic N) is 2. The number of hydrogen-bond acceptors (Lipinski definition) is 6. The lowest BCUT2D eigenvalue weighted by atomic mass is 9.66. The van der Waals surface area contributed by atoms with Crippen molar-refractivity contribution in [3.05, 3.63) is 30.1 Å². The standard InChI is InChI=1S/C17H23N3O4/c1-16(2)12(14(21)23-4)7-8-17(16,3)15(22)24-20-13(18)11-6-5-9-19-10-11/h5-6,9-10,12H,7-8H2,1-4H3,(H2,18,20)/t12-,17+/m1/s1. The average molecular weight is 333 g/mol. The van der Waals surface area contributed by atoms with Crippen molar-refractivity contribution in [2.75, 3.05) is 7.11 Å². The second kappa shape index (κ2) is 6.59. The maximum absolute atomic E-state index is 12.6. The summed E-state index contributed by atoms with van der Waals surface area (Å²) >= 11 is 0. The maximum atomic E-state index is 12.6. The molecule has 1 saturated carbocycles. The van der Waals surface area contributed by atoms with Crippen LogP contribution in [-0.2, 0) is 19.2 Å². The predicted octanol–water partition coefficient (Wildman–Crippen LogP) is 1.86. The molecule has 2 N–H and O–H groups in total. The van der Waals surface area contributed by atoms with E-state index in [0.29, 0.717) is 18.4 Å². The Morgan fingerprint density at radius 3 is 2.67 bits per heavy atom. The molecule has 0 saturated heterocycles. The van der Waals surface area contributed by atoms with Crippen molar-refractivity contribution >= 4 is 17.8 Å². The number of aromatic nitrogens is 1. The molecule has 2 rings (SSSR count). The Labute approximate surface area is 141 Å². The molecule has 7 heteroatoms. The van der Waals surface area contributed by atoms with Crippen LogP contribution < -0.4 is 5.73 Å². The highest BCUT2D eigenvalue weighted by Crippen LogP contribution is 2.56. The minimum absolute atomic E-state index is 0.0698. The molecule has 2 atom stereocenters. The molecule has 0 unspecified atom stereocenters. The van der Waals surface area contributed by atoms with Crippen molar-refractivity contribution in [1.29, 1.82) is 0 Å². The van der Waals surface area contributed by atoms with Gasteiger partial charge in [0.05, 0.1) is 18.4 Å². The van der Waals surface area contributed by atoms with Crippen molar-refractivity contribution in [1.82, 2.24) is 4.98 Å². The van der Waals surface area contributed by atoms with Gasteiger partial charge < -0.3 is 15.3 Å². The van der Waals surface area contributed by atoms with Gasteiger partial charge in [0.1, 0.15) is 0 Å². The van der Waals surface area contributed by atoms with Crippen LogP contribution in [0.3, 0.4) is 0 Å². The van der Waals surface area contributed by atoms with E-state index in [4.69, 9.17) is 15.3 Å². The third-order valence-electron chi connectivity index (χ3n) is 5.35. The first-order valence-electron chi connectivity index (χ1n) is 7.77. The number of amidine groups is 1. The Morgan fingerprint density at radius 2 is 2.08 bits per heavy atom. The lowest BCUT2D eigenvalue weighted by Gasteiger charge is -2.37. The minimum Gasteiger partial charge on any atom is -0.469 e. The zero-order chi connectivity index (χ0) is 18.0. The normalized spacial score (nSPS) is 26.0. The number of carbonyl (C=O) groups excluding carboxylic acids is 2. The fraction of sp³-hybridized carbons (Fsp3) is 0.529. The molecule has 7 nitrogen and oxygen atoms in total. The minimum atomic E-state index is -0.857. The molecule has 1 fully saturated rings. The quantitative estimate of drug-likeness (QED) is 0.296. The van der Waals surface area contributed by atoms with Gasteiger partial charge >= 0.3 is 11.9 Å². The van der Waals surface area contributed by atoms with E-state index < -0.39 is 16.8 Å². The van der Waals surface area contributed by atoms with Gasteiger partial charge in [0.15, 0.2) is 5.84 Å². The van der Waals surface area contributed by atoms with Crippen LogP contribution in [0.5, 0.6) is 0 Å². The highest BCUT2D eigenvalue weighted by molar-refractivity contribution is 5.97. The van der Waals surface area contributed by atoms with E-state index in [1.165, 1.54) is 13.3 Å². The molecule has 0 bridgehead atoms. The number of esters is 1. The summed E-state index contributed by atoms with van der Waals surface area (Å²) in [6, 6.07) is 3.43. The highest BCUT2D eigenvalue weighted by Gasteiger charge is 2.59. The summed E-state index contributed by atoms with van der Waals surface area (Å²) < 4.78 is 4.85. The molecule has 1 aromatic rings. The van der Waals surface area contributed by atoms with Crippen LogP contribution in [0, 0.1) is 16.7 Å². The van der Waals surface area contributed by atoms with E-state index in [2.05, 4.69) is 10.1 Å². The molecule has 0 aliphatic heterocycles. The number of hydrogen-bond donors (Lipinski definition) is 1. The van der Waals surface area contributed by atoms with E-state index in [1.807, 2.05) is 13.8 Å². The molecular weight excluding hydrogens is 310 g/mol. The summed E-state index contributed by atoms with van der Waals surface area (Å²) in [5.41, 5.74) is 4.90. The largest absolute Gasteiger partial charge is 0.469 e. The zero-order valence-electron chi connectivity index (χ0n) is 14.4. The van der Waals surface area contributed by atoms with Crippen molar-refractivity contribution in [2.24, 2.45) is 27.6 Å². The van der Waals surface area contributed by atoms with Crippen molar-refractivity contribution in [3.63, 3.8) is 0 Å². The van der Waals surface area contributed by atoms with Crippen LogP contribution in [0.15, 0.2) is 29.7 Å². The van der Waals surface area contributed by atoms with Crippen LogP contribution in [-0.4, -0.2) is 29.9 Å². The smallest absolute Gasteiger partial charge is 0.341 e. The van der Waals surface area contributed by atoms with Crippen molar-refractivity contribution in [2.45, 2.75) is 33.6 Å². The van der Waals surface area contributed by atoms with E-state index in [1.54, 1.807) is 25.3 Å². The maximum Gasteiger partial charge on any atom is 0.341 e. The van der Waals surface area contributed by atoms with E-state index in [0.717, 1.165) is 0 Å². The molecule has 24 heavy (non-hydrogen) atoms. The molecule has 0 aromatic carbocycles. The van der Waals surface area contributed by atoms with Crippen molar-refractivity contribution < 1.29 is 19.2 Å². The monoisotopic (exact) mass is 333 g/mol. The van der Waals surface area contributed by atoms with Crippen LogP contribution in [0.2, 0.25) is 0 Å². The Hall–Kier alpha value is -2.44. The molecule has 130 valence electrons. The van der Waals surface area contributed by atoms with Crippen molar-refractivity contribution in [3.8, 4) is 0 Å². The van der Waals surface area contributed by atoms with Gasteiger partial charge in [-0.3, -0.25) is 9.78 Å². The topological polar surface area (TPSA) is 104 Å². The second-order valence-corrected chi connectivity index (χ2v) is 6.77. The summed E-state index contributed by atoms with van der Waals surface area (Å²) in [5, 5.41) is 3.73. The van der Waals surface area contributed by atoms with Crippen LogP contribution in [0.1, 0.15) is 39.2 Å². The number of methoxy groups -OCH3 is 1. The Morgan fingerprint density at radius 1 is 1.38 bits per heavy atom. The number of carbonyl (C=O) groups is 2. The summed E-state index contributed by atoms with van der Waals surface area (Å²) in [7, 11) is 1.35. The molecular formula is C17H23N3O4. The zero-order valence-corrected chi connectivity index (χ0v) is 14.4. The Balaban J connectivity index is 2.16. The molecule has 1 aliphatic carbocycles. The first-order valence-corrected chi connectivity index (χ1v) is 7.77. The number of nitrogens with two attached hydrogens (primary N) is 1. The third-order valence-corrected chi connectivity index (χ3v) is 5.35. The molecule has 1 aliphatic rings. The SMILES string of the molecule is COC(=O)[C@H]1CC[C@@](C)(C(=O)ON=C(N)c2cccnc2)C1(C)C. The van der Waals surface area contributed by atoms with Gasteiger partial charge in [0, 0.05) is 18.0 Å². The predicted molar refractivity (Wildman–Crippen MR) is 87.7 cm³/mol. The summed E-state index contributed by atoms with van der Waals surface area (Å²) in [4.78, 5) is 33.6. The first kappa shape index (κ1) is 17.9. The summed E-state index contributed by atoms with van der Waals surface area (Å²) in [6.07, 6.45) is 4.22. The second-order valence-electron chi connectivity index (χ2n) is 6.77. The number of ether oxygens (including phenoxy) is 1. The third kappa shape index (κ3) is 2.98. The molecule has 1 heterocycles. The van der Waals surface area contributed by atoms with E-state index in [-0.39, 0.29) is 17.7 Å². The Bertz CT molecular complexity index is 657. The number of pyridine rings is 1. The van der Waals surface area contributed by atoms with E-state index in [9.17, 15) is 9.59 Å². The molecule has 0 amide bonds. The molecule has 1 aromatic heterocycles. The van der Waals surface area contributed by atoms with Gasteiger partial charge in [-0.05, 0) is 37.3 Å². The van der Waals surface area contributed by atoms with Crippen LogP contribution in [0.25, 0.3) is 0 Å². The summed E-state index contributed by atoms with van der Waals surface area (Å²) in [5.74, 6) is -1.11.